The van der Waals surface area contributed by atoms with E-state index >= 15 is 0 Å². The summed E-state index contributed by atoms with van der Waals surface area (Å²) in [7, 11) is 0. The molecule has 0 heterocycles. The first-order chi connectivity index (χ1) is 8.01. The van der Waals surface area contributed by atoms with Crippen molar-refractivity contribution in [3.63, 3.8) is 0 Å². The molecule has 7 heteroatoms. The van der Waals surface area contributed by atoms with E-state index in [9.17, 15) is 8.78 Å². The molecule has 0 atom stereocenters. The Kier molecular flexibility index (Phi) is 5.24. The highest BCUT2D eigenvalue weighted by atomic mass is 35.5. The molecule has 0 bridgehead atoms. The fourth-order valence-corrected chi connectivity index (χ4v) is 1.67. The smallest absolute Gasteiger partial charge is 0.387 e. The highest BCUT2D eigenvalue weighted by molar-refractivity contribution is 6.42. The van der Waals surface area contributed by atoms with Crippen molar-refractivity contribution < 1.29 is 23.4 Å². The number of aliphatic hydroxyl groups excluding tert-OH is 1. The lowest BCUT2D eigenvalue weighted by Gasteiger charge is -2.16. The van der Waals surface area contributed by atoms with Crippen molar-refractivity contribution >= 4 is 23.2 Å². The van der Waals surface area contributed by atoms with Gasteiger partial charge < -0.3 is 14.6 Å². The Morgan fingerprint density at radius 2 is 2.06 bits per heavy atom. The number of rotatable bonds is 5. The van der Waals surface area contributed by atoms with Gasteiger partial charge in [0, 0.05) is 11.6 Å². The van der Waals surface area contributed by atoms with Crippen LogP contribution in [0.4, 0.5) is 8.78 Å². The Morgan fingerprint density at radius 1 is 1.41 bits per heavy atom. The lowest BCUT2D eigenvalue weighted by atomic mass is 10.2. The van der Waals surface area contributed by atoms with Crippen molar-refractivity contribution in [2.24, 2.45) is 0 Å². The summed E-state index contributed by atoms with van der Waals surface area (Å²) in [6.07, 6.45) is 0. The van der Waals surface area contributed by atoms with Crippen molar-refractivity contribution in [2.75, 3.05) is 6.61 Å². The third kappa shape index (κ3) is 3.34. The van der Waals surface area contributed by atoms with Gasteiger partial charge in [0.25, 0.3) is 0 Å². The molecule has 0 spiro atoms. The van der Waals surface area contributed by atoms with Gasteiger partial charge in [-0.15, -0.1) is 0 Å². The first-order valence-electron chi connectivity index (χ1n) is 4.70. The van der Waals surface area contributed by atoms with Crippen LogP contribution in [0, 0.1) is 0 Å². The topological polar surface area (TPSA) is 38.7 Å². The first kappa shape index (κ1) is 14.3. The molecule has 3 nitrogen and oxygen atoms in total. The maximum Gasteiger partial charge on any atom is 0.387 e. The molecule has 0 amide bonds. The first-order valence-corrected chi connectivity index (χ1v) is 5.46. The van der Waals surface area contributed by atoms with Gasteiger partial charge in [-0.2, -0.15) is 8.78 Å². The van der Waals surface area contributed by atoms with Crippen LogP contribution in [-0.2, 0) is 6.61 Å². The standard InChI is InChI=1S/C10H10Cl2F2O3/c1-2-16-7-3-6(11)8(12)5(4-15)9(7)17-10(13)14/h3,10,15H,2,4H2,1H3. The molecule has 0 saturated carbocycles. The fourth-order valence-electron chi connectivity index (χ4n) is 1.26. The Bertz CT molecular complexity index is 400. The zero-order valence-corrected chi connectivity index (χ0v) is 10.4. The Balaban J connectivity index is 3.32. The second kappa shape index (κ2) is 6.23. The van der Waals surface area contributed by atoms with Crippen LogP contribution in [0.25, 0.3) is 0 Å². The minimum atomic E-state index is -3.04. The van der Waals surface area contributed by atoms with E-state index in [0.29, 0.717) is 0 Å². The van der Waals surface area contributed by atoms with Crippen LogP contribution in [0.2, 0.25) is 10.0 Å². The normalized spacial score (nSPS) is 10.8. The summed E-state index contributed by atoms with van der Waals surface area (Å²) >= 11 is 11.6. The van der Waals surface area contributed by atoms with E-state index in [0.717, 1.165) is 0 Å². The van der Waals surface area contributed by atoms with E-state index in [-0.39, 0.29) is 33.7 Å². The number of alkyl halides is 2. The van der Waals surface area contributed by atoms with Crippen LogP contribution in [0.15, 0.2) is 6.07 Å². The number of hydrogen-bond donors (Lipinski definition) is 1. The quantitative estimate of drug-likeness (QED) is 0.901. The van der Waals surface area contributed by atoms with Crippen molar-refractivity contribution in [1.29, 1.82) is 0 Å². The molecular formula is C10H10Cl2F2O3. The number of aliphatic hydroxyl groups is 1. The fraction of sp³-hybridized carbons (Fsp3) is 0.400. The number of ether oxygens (including phenoxy) is 2. The molecule has 1 aromatic rings. The molecule has 0 aliphatic carbocycles. The molecule has 17 heavy (non-hydrogen) atoms. The Labute approximate surface area is 107 Å². The summed E-state index contributed by atoms with van der Waals surface area (Å²) in [5.41, 5.74) is -0.0251. The molecule has 1 rings (SSSR count). The monoisotopic (exact) mass is 286 g/mol. The van der Waals surface area contributed by atoms with Gasteiger partial charge in [-0.25, -0.2) is 0 Å². The van der Waals surface area contributed by atoms with E-state index < -0.39 is 13.2 Å². The van der Waals surface area contributed by atoms with Crippen LogP contribution in [0.5, 0.6) is 11.5 Å². The van der Waals surface area contributed by atoms with Gasteiger partial charge >= 0.3 is 6.61 Å². The summed E-state index contributed by atoms with van der Waals surface area (Å²) in [4.78, 5) is 0. The van der Waals surface area contributed by atoms with Gasteiger partial charge in [0.05, 0.1) is 23.3 Å². The largest absolute Gasteiger partial charge is 0.490 e. The Morgan fingerprint density at radius 3 is 2.53 bits per heavy atom. The minimum absolute atomic E-state index is 0.0197. The molecule has 96 valence electrons. The van der Waals surface area contributed by atoms with Crippen molar-refractivity contribution in [3.05, 3.63) is 21.7 Å². The van der Waals surface area contributed by atoms with Gasteiger partial charge in [-0.1, -0.05) is 23.2 Å². The van der Waals surface area contributed by atoms with E-state index in [1.54, 1.807) is 6.92 Å². The lowest BCUT2D eigenvalue weighted by molar-refractivity contribution is -0.0525. The Hall–Kier alpha value is -0.780. The predicted octanol–water partition coefficient (Wildman–Crippen LogP) is 3.49. The van der Waals surface area contributed by atoms with Gasteiger partial charge in [0.15, 0.2) is 11.5 Å². The van der Waals surface area contributed by atoms with Gasteiger partial charge in [0.1, 0.15) is 0 Å². The van der Waals surface area contributed by atoms with E-state index in [1.807, 2.05) is 0 Å². The SMILES string of the molecule is CCOc1cc(Cl)c(Cl)c(CO)c1OC(F)F. The molecule has 0 aliphatic heterocycles. The highest BCUT2D eigenvalue weighted by Gasteiger charge is 2.20. The summed E-state index contributed by atoms with van der Waals surface area (Å²) in [6, 6.07) is 1.27. The third-order valence-corrected chi connectivity index (χ3v) is 2.72. The number of hydrogen-bond acceptors (Lipinski definition) is 3. The second-order valence-corrected chi connectivity index (χ2v) is 3.73. The van der Waals surface area contributed by atoms with E-state index in [4.69, 9.17) is 33.0 Å². The lowest BCUT2D eigenvalue weighted by Crippen LogP contribution is -2.08. The molecule has 1 aromatic carbocycles. The van der Waals surface area contributed by atoms with E-state index in [1.165, 1.54) is 6.07 Å². The van der Waals surface area contributed by atoms with Crippen LogP contribution in [-0.4, -0.2) is 18.3 Å². The molecule has 0 aliphatic rings. The summed E-state index contributed by atoms with van der Waals surface area (Å²) in [6.45, 7) is -1.71. The molecule has 0 saturated heterocycles. The van der Waals surface area contributed by atoms with Crippen LogP contribution in [0.1, 0.15) is 12.5 Å². The maximum atomic E-state index is 12.3. The van der Waals surface area contributed by atoms with Gasteiger partial charge in [-0.05, 0) is 6.92 Å². The van der Waals surface area contributed by atoms with Crippen LogP contribution in [0.3, 0.4) is 0 Å². The highest BCUT2D eigenvalue weighted by Crippen LogP contribution is 2.41. The van der Waals surface area contributed by atoms with Crippen molar-refractivity contribution in [2.45, 2.75) is 20.1 Å². The van der Waals surface area contributed by atoms with Crippen molar-refractivity contribution in [1.82, 2.24) is 0 Å². The summed E-state index contributed by atoms with van der Waals surface area (Å²) < 4.78 is 33.9. The van der Waals surface area contributed by atoms with Gasteiger partial charge in [-0.3, -0.25) is 0 Å². The zero-order valence-electron chi connectivity index (χ0n) is 8.84. The second-order valence-electron chi connectivity index (χ2n) is 2.95. The number of halogens is 4. The van der Waals surface area contributed by atoms with Crippen LogP contribution >= 0.6 is 23.2 Å². The molecule has 0 fully saturated rings. The number of benzene rings is 1. The summed E-state index contributed by atoms with van der Waals surface area (Å²) in [5, 5.41) is 9.17. The van der Waals surface area contributed by atoms with Gasteiger partial charge in [0.2, 0.25) is 0 Å². The third-order valence-electron chi connectivity index (χ3n) is 1.90. The predicted molar refractivity (Wildman–Crippen MR) is 60.2 cm³/mol. The van der Waals surface area contributed by atoms with Crippen LogP contribution < -0.4 is 9.47 Å². The molecule has 0 radical (unpaired) electrons. The zero-order chi connectivity index (χ0) is 13.0. The molecule has 0 unspecified atom stereocenters. The summed E-state index contributed by atoms with van der Waals surface area (Å²) in [5.74, 6) is -0.273. The average molecular weight is 287 g/mol. The molecule has 0 aromatic heterocycles. The maximum absolute atomic E-state index is 12.3. The molecular weight excluding hydrogens is 277 g/mol. The molecule has 1 N–H and O–H groups in total. The average Bonchev–Trinajstić information content (AvgIpc) is 2.25. The van der Waals surface area contributed by atoms with E-state index in [2.05, 4.69) is 4.74 Å². The minimum Gasteiger partial charge on any atom is -0.490 e. The van der Waals surface area contributed by atoms with Crippen molar-refractivity contribution in [3.8, 4) is 11.5 Å².